The lowest BCUT2D eigenvalue weighted by molar-refractivity contribution is -0.174. The van der Waals surface area contributed by atoms with Crippen LogP contribution in [0.25, 0.3) is 0 Å². The van der Waals surface area contributed by atoms with Crippen molar-refractivity contribution in [2.45, 2.75) is 25.6 Å². The van der Waals surface area contributed by atoms with Crippen LogP contribution in [0.2, 0.25) is 0 Å². The number of hydrogen-bond donors (Lipinski definition) is 1. The maximum Gasteiger partial charge on any atom is 0.411 e. The average Bonchev–Trinajstić information content (AvgIpc) is 2.59. The minimum Gasteiger partial charge on any atom is -0.371 e. The van der Waals surface area contributed by atoms with E-state index in [1.807, 2.05) is 6.92 Å². The van der Waals surface area contributed by atoms with Gasteiger partial charge in [-0.1, -0.05) is 0 Å². The SMILES string of the molecule is CC(N)C1CCN(CCOCC(F)(F)F)C1. The van der Waals surface area contributed by atoms with E-state index in [9.17, 15) is 13.2 Å². The first-order valence-electron chi connectivity index (χ1n) is 5.51. The summed E-state index contributed by atoms with van der Waals surface area (Å²) >= 11 is 0. The van der Waals surface area contributed by atoms with Crippen molar-refractivity contribution in [3.05, 3.63) is 0 Å². The van der Waals surface area contributed by atoms with Crippen LogP contribution in [0.1, 0.15) is 13.3 Å². The zero-order valence-corrected chi connectivity index (χ0v) is 9.46. The van der Waals surface area contributed by atoms with Crippen LogP contribution >= 0.6 is 0 Å². The minimum atomic E-state index is -4.22. The van der Waals surface area contributed by atoms with Crippen LogP contribution in [0.3, 0.4) is 0 Å². The van der Waals surface area contributed by atoms with Crippen LogP contribution in [-0.4, -0.2) is 50.0 Å². The summed E-state index contributed by atoms with van der Waals surface area (Å²) in [6.45, 7) is 3.27. The molecule has 0 spiro atoms. The molecule has 6 heteroatoms. The lowest BCUT2D eigenvalue weighted by Gasteiger charge is -2.17. The third-order valence-corrected chi connectivity index (χ3v) is 2.87. The summed E-state index contributed by atoms with van der Waals surface area (Å²) in [7, 11) is 0. The van der Waals surface area contributed by atoms with Crippen molar-refractivity contribution in [3.63, 3.8) is 0 Å². The Kier molecular flexibility index (Phi) is 5.01. The molecule has 2 atom stereocenters. The molecule has 0 amide bonds. The predicted octanol–water partition coefficient (Wildman–Crippen LogP) is 1.23. The highest BCUT2D eigenvalue weighted by Crippen LogP contribution is 2.18. The van der Waals surface area contributed by atoms with Crippen molar-refractivity contribution in [1.29, 1.82) is 0 Å². The quantitative estimate of drug-likeness (QED) is 0.735. The van der Waals surface area contributed by atoms with Crippen LogP contribution in [0, 0.1) is 5.92 Å². The molecule has 3 nitrogen and oxygen atoms in total. The molecule has 0 saturated carbocycles. The summed E-state index contributed by atoms with van der Waals surface area (Å²) < 4.78 is 39.9. The molecule has 1 heterocycles. The average molecular weight is 240 g/mol. The Balaban J connectivity index is 2.07. The fourth-order valence-electron chi connectivity index (χ4n) is 1.88. The second kappa shape index (κ2) is 5.84. The largest absolute Gasteiger partial charge is 0.411 e. The molecule has 0 aromatic carbocycles. The van der Waals surface area contributed by atoms with Gasteiger partial charge in [0, 0.05) is 19.1 Å². The van der Waals surface area contributed by atoms with Crippen molar-refractivity contribution >= 4 is 0 Å². The van der Waals surface area contributed by atoms with Gasteiger partial charge in [-0.25, -0.2) is 0 Å². The molecule has 0 aromatic rings. The number of nitrogens with two attached hydrogens (primary N) is 1. The standard InChI is InChI=1S/C10H19F3N2O/c1-8(14)9-2-3-15(6-9)4-5-16-7-10(11,12)13/h8-9H,2-7,14H2,1H3. The Labute approximate surface area is 93.7 Å². The Hall–Kier alpha value is -0.330. The van der Waals surface area contributed by atoms with Crippen molar-refractivity contribution < 1.29 is 17.9 Å². The van der Waals surface area contributed by atoms with E-state index >= 15 is 0 Å². The van der Waals surface area contributed by atoms with E-state index in [0.29, 0.717) is 12.5 Å². The number of likely N-dealkylation sites (tertiary alicyclic amines) is 1. The Bertz CT molecular complexity index is 209. The minimum absolute atomic E-state index is 0.130. The molecule has 16 heavy (non-hydrogen) atoms. The van der Waals surface area contributed by atoms with Gasteiger partial charge in [0.2, 0.25) is 0 Å². The fraction of sp³-hybridized carbons (Fsp3) is 1.00. The van der Waals surface area contributed by atoms with Gasteiger partial charge in [0.1, 0.15) is 6.61 Å². The van der Waals surface area contributed by atoms with Gasteiger partial charge in [-0.2, -0.15) is 13.2 Å². The number of nitrogens with zero attached hydrogens (tertiary/aromatic N) is 1. The molecule has 0 aromatic heterocycles. The summed E-state index contributed by atoms with van der Waals surface area (Å²) in [4.78, 5) is 2.10. The van der Waals surface area contributed by atoms with E-state index in [0.717, 1.165) is 19.5 Å². The second-order valence-corrected chi connectivity index (χ2v) is 4.38. The van der Waals surface area contributed by atoms with Gasteiger partial charge in [0.05, 0.1) is 6.61 Å². The maximum absolute atomic E-state index is 11.8. The lowest BCUT2D eigenvalue weighted by atomic mass is 10.0. The van der Waals surface area contributed by atoms with Gasteiger partial charge in [0.25, 0.3) is 0 Å². The molecule has 2 unspecified atom stereocenters. The third kappa shape index (κ3) is 5.14. The van der Waals surface area contributed by atoms with Crippen LogP contribution < -0.4 is 5.73 Å². The van der Waals surface area contributed by atoms with Crippen LogP contribution in [-0.2, 0) is 4.74 Å². The van der Waals surface area contributed by atoms with Gasteiger partial charge in [-0.05, 0) is 25.8 Å². The normalized spacial score (nSPS) is 24.9. The van der Waals surface area contributed by atoms with E-state index in [-0.39, 0.29) is 12.6 Å². The molecule has 96 valence electrons. The van der Waals surface area contributed by atoms with Crippen molar-refractivity contribution in [3.8, 4) is 0 Å². The molecule has 0 aliphatic carbocycles. The predicted molar refractivity (Wildman–Crippen MR) is 55.1 cm³/mol. The first-order valence-corrected chi connectivity index (χ1v) is 5.51. The van der Waals surface area contributed by atoms with Crippen molar-refractivity contribution in [2.24, 2.45) is 11.7 Å². The Morgan fingerprint density at radius 1 is 1.50 bits per heavy atom. The summed E-state index contributed by atoms with van der Waals surface area (Å²) in [6, 6.07) is 0.154. The van der Waals surface area contributed by atoms with Gasteiger partial charge >= 0.3 is 6.18 Å². The molecule has 1 fully saturated rings. The van der Waals surface area contributed by atoms with E-state index in [1.54, 1.807) is 0 Å². The van der Waals surface area contributed by atoms with E-state index < -0.39 is 12.8 Å². The molecular weight excluding hydrogens is 221 g/mol. The number of halogens is 3. The fourth-order valence-corrected chi connectivity index (χ4v) is 1.88. The summed E-state index contributed by atoms with van der Waals surface area (Å²) in [5, 5.41) is 0. The van der Waals surface area contributed by atoms with Gasteiger partial charge in [-0.3, -0.25) is 0 Å². The van der Waals surface area contributed by atoms with Gasteiger partial charge < -0.3 is 15.4 Å². The Morgan fingerprint density at radius 2 is 2.19 bits per heavy atom. The maximum atomic E-state index is 11.8. The topological polar surface area (TPSA) is 38.5 Å². The van der Waals surface area contributed by atoms with Crippen LogP contribution in [0.15, 0.2) is 0 Å². The number of alkyl halides is 3. The van der Waals surface area contributed by atoms with Crippen molar-refractivity contribution in [1.82, 2.24) is 4.90 Å². The van der Waals surface area contributed by atoms with Gasteiger partial charge in [-0.15, -0.1) is 0 Å². The zero-order chi connectivity index (χ0) is 12.2. The second-order valence-electron chi connectivity index (χ2n) is 4.38. The highest BCUT2D eigenvalue weighted by molar-refractivity contribution is 4.80. The number of hydrogen-bond acceptors (Lipinski definition) is 3. The van der Waals surface area contributed by atoms with E-state index in [1.165, 1.54) is 0 Å². The molecule has 1 aliphatic rings. The molecular formula is C10H19F3N2O. The zero-order valence-electron chi connectivity index (χ0n) is 9.46. The molecule has 1 rings (SSSR count). The molecule has 2 N–H and O–H groups in total. The lowest BCUT2D eigenvalue weighted by Crippen LogP contribution is -2.31. The van der Waals surface area contributed by atoms with Crippen LogP contribution in [0.4, 0.5) is 13.2 Å². The molecule has 0 radical (unpaired) electrons. The number of rotatable bonds is 5. The number of ether oxygens (including phenoxy) is 1. The van der Waals surface area contributed by atoms with Crippen LogP contribution in [0.5, 0.6) is 0 Å². The highest BCUT2D eigenvalue weighted by Gasteiger charge is 2.28. The molecule has 1 saturated heterocycles. The first kappa shape index (κ1) is 13.7. The van der Waals surface area contributed by atoms with E-state index in [2.05, 4.69) is 9.64 Å². The summed E-state index contributed by atoms with van der Waals surface area (Å²) in [6.07, 6.45) is -3.20. The highest BCUT2D eigenvalue weighted by atomic mass is 19.4. The van der Waals surface area contributed by atoms with Gasteiger partial charge in [0.15, 0.2) is 0 Å². The monoisotopic (exact) mass is 240 g/mol. The van der Waals surface area contributed by atoms with E-state index in [4.69, 9.17) is 5.73 Å². The smallest absolute Gasteiger partial charge is 0.371 e. The molecule has 0 bridgehead atoms. The van der Waals surface area contributed by atoms with Crippen molar-refractivity contribution in [2.75, 3.05) is 32.8 Å². The summed E-state index contributed by atoms with van der Waals surface area (Å²) in [5.74, 6) is 0.461. The Morgan fingerprint density at radius 3 is 2.69 bits per heavy atom. The molecule has 1 aliphatic heterocycles. The summed E-state index contributed by atoms with van der Waals surface area (Å²) in [5.41, 5.74) is 5.77. The first-order chi connectivity index (χ1) is 7.38. The third-order valence-electron chi connectivity index (χ3n) is 2.87.